The first kappa shape index (κ1) is 6.21. The molecule has 2 rings (SSSR count). The van der Waals surface area contributed by atoms with Gasteiger partial charge in [0, 0.05) is 0 Å². The summed E-state index contributed by atoms with van der Waals surface area (Å²) in [5.74, 6) is 0.300. The van der Waals surface area contributed by atoms with E-state index in [2.05, 4.69) is 20.2 Å². The lowest BCUT2D eigenvalue weighted by molar-refractivity contribution is 0.986. The average Bonchev–Trinajstić information content (AvgIpc) is 2.34. The van der Waals surface area contributed by atoms with E-state index in [1.165, 1.54) is 0 Å². The normalized spacial score (nSPS) is 13.5. The maximum atomic E-state index is 5.43. The van der Waals surface area contributed by atoms with Crippen LogP contribution in [0.25, 0.3) is 0 Å². The van der Waals surface area contributed by atoms with E-state index in [1.54, 1.807) is 0 Å². The van der Waals surface area contributed by atoms with E-state index in [0.717, 1.165) is 17.1 Å². The Morgan fingerprint density at radius 1 is 1.36 bits per heavy atom. The third kappa shape index (κ3) is 0.849. The number of aromatic nitrogens is 2. The summed E-state index contributed by atoms with van der Waals surface area (Å²) in [5.41, 5.74) is 7.83. The molecule has 0 aromatic carbocycles. The molecule has 0 saturated heterocycles. The number of hydrogen-bond acceptors (Lipinski definition) is 5. The zero-order valence-corrected chi connectivity index (χ0v) is 6.07. The van der Waals surface area contributed by atoms with Crippen molar-refractivity contribution in [2.75, 3.05) is 5.73 Å². The summed E-state index contributed by atoms with van der Waals surface area (Å²) in [7, 11) is 0. The Morgan fingerprint density at radius 2 is 2.18 bits per heavy atom. The van der Waals surface area contributed by atoms with E-state index in [1.807, 2.05) is 6.92 Å². The number of azo groups is 1. The minimum atomic E-state index is 0.300. The number of nitrogens with two attached hydrogens (primary N) is 1. The van der Waals surface area contributed by atoms with Crippen LogP contribution < -0.4 is 5.73 Å². The second kappa shape index (κ2) is 1.98. The molecule has 0 spiro atoms. The Kier molecular flexibility index (Phi) is 1.12. The second-order valence-electron chi connectivity index (χ2n) is 2.36. The molecule has 0 atom stereocenters. The van der Waals surface area contributed by atoms with Crippen LogP contribution in [0.5, 0.6) is 0 Å². The molecular weight excluding hydrogens is 142 g/mol. The molecule has 2 heterocycles. The maximum absolute atomic E-state index is 5.43. The second-order valence-corrected chi connectivity index (χ2v) is 2.36. The lowest BCUT2D eigenvalue weighted by atomic mass is 10.3. The quantitative estimate of drug-likeness (QED) is 0.596. The number of hydrogen-bond donors (Lipinski definition) is 1. The molecular formula is C6H7N5. The van der Waals surface area contributed by atoms with Crippen LogP contribution in [0.1, 0.15) is 11.4 Å². The molecule has 5 nitrogen and oxygen atoms in total. The highest BCUT2D eigenvalue weighted by atomic mass is 15.2. The molecule has 0 radical (unpaired) electrons. The van der Waals surface area contributed by atoms with Crippen LogP contribution in [-0.4, -0.2) is 9.97 Å². The van der Waals surface area contributed by atoms with Crippen molar-refractivity contribution in [1.29, 1.82) is 0 Å². The zero-order chi connectivity index (χ0) is 7.84. The summed E-state index contributed by atoms with van der Waals surface area (Å²) in [6, 6.07) is 0. The van der Waals surface area contributed by atoms with Gasteiger partial charge < -0.3 is 5.73 Å². The molecule has 5 heteroatoms. The highest BCUT2D eigenvalue weighted by molar-refractivity contribution is 5.49. The maximum Gasteiger partial charge on any atom is 0.220 e. The van der Waals surface area contributed by atoms with Crippen LogP contribution in [0.15, 0.2) is 10.2 Å². The fraction of sp³-hybridized carbons (Fsp3) is 0.333. The van der Waals surface area contributed by atoms with Crippen LogP contribution in [-0.2, 0) is 6.54 Å². The van der Waals surface area contributed by atoms with Crippen molar-refractivity contribution < 1.29 is 0 Å². The van der Waals surface area contributed by atoms with E-state index in [0.29, 0.717) is 12.5 Å². The molecule has 2 N–H and O–H groups in total. The fourth-order valence-corrected chi connectivity index (χ4v) is 1.06. The summed E-state index contributed by atoms with van der Waals surface area (Å²) in [6.45, 7) is 2.38. The topological polar surface area (TPSA) is 76.5 Å². The first-order valence-electron chi connectivity index (χ1n) is 3.28. The van der Waals surface area contributed by atoms with E-state index in [-0.39, 0.29) is 0 Å². The highest BCUT2D eigenvalue weighted by Crippen LogP contribution is 2.27. The van der Waals surface area contributed by atoms with Crippen molar-refractivity contribution in [1.82, 2.24) is 9.97 Å². The van der Waals surface area contributed by atoms with Crippen molar-refractivity contribution in [2.45, 2.75) is 13.5 Å². The van der Waals surface area contributed by atoms with Gasteiger partial charge in [-0.25, -0.2) is 9.97 Å². The Morgan fingerprint density at radius 3 is 3.00 bits per heavy atom. The molecule has 11 heavy (non-hydrogen) atoms. The molecule has 0 amide bonds. The van der Waals surface area contributed by atoms with Crippen LogP contribution in [0.4, 0.5) is 11.6 Å². The third-order valence-corrected chi connectivity index (χ3v) is 1.54. The summed E-state index contributed by atoms with van der Waals surface area (Å²) in [5, 5.41) is 7.70. The van der Waals surface area contributed by atoms with Crippen molar-refractivity contribution >= 4 is 11.6 Å². The molecule has 0 saturated carbocycles. The Labute approximate surface area is 63.4 Å². The Balaban J connectivity index is 2.67. The van der Waals surface area contributed by atoms with E-state index >= 15 is 0 Å². The van der Waals surface area contributed by atoms with Gasteiger partial charge >= 0.3 is 0 Å². The number of rotatable bonds is 0. The predicted octanol–water partition coefficient (Wildman–Crippen LogP) is 0.965. The Bertz CT molecular complexity index is 330. The van der Waals surface area contributed by atoms with Gasteiger partial charge in [0.15, 0.2) is 0 Å². The average molecular weight is 149 g/mol. The van der Waals surface area contributed by atoms with Gasteiger partial charge in [-0.15, -0.1) is 0 Å². The SMILES string of the molecule is Cc1nc(N)nc2c1N=NC2. The van der Waals surface area contributed by atoms with Gasteiger partial charge in [-0.1, -0.05) is 0 Å². The summed E-state index contributed by atoms with van der Waals surface area (Å²) >= 11 is 0. The van der Waals surface area contributed by atoms with E-state index in [4.69, 9.17) is 5.73 Å². The molecule has 1 aromatic rings. The van der Waals surface area contributed by atoms with Crippen LogP contribution in [0.3, 0.4) is 0 Å². The standard InChI is InChI=1S/C6H7N5/c1-3-5-4(2-8-11-5)10-6(7)9-3/h2H2,1H3,(H2,7,9,10). The molecule has 0 bridgehead atoms. The first-order chi connectivity index (χ1) is 5.27. The number of aryl methyl sites for hydroxylation is 1. The smallest absolute Gasteiger partial charge is 0.220 e. The van der Waals surface area contributed by atoms with Gasteiger partial charge in [0.25, 0.3) is 0 Å². The van der Waals surface area contributed by atoms with Crippen molar-refractivity contribution in [3.8, 4) is 0 Å². The number of anilines is 1. The summed E-state index contributed by atoms with van der Waals surface area (Å²) < 4.78 is 0. The molecule has 56 valence electrons. The van der Waals surface area contributed by atoms with Gasteiger partial charge in [-0.3, -0.25) is 0 Å². The molecule has 1 aromatic heterocycles. The van der Waals surface area contributed by atoms with Gasteiger partial charge in [0.2, 0.25) is 5.95 Å². The van der Waals surface area contributed by atoms with Crippen molar-refractivity contribution in [2.24, 2.45) is 10.2 Å². The number of nitrogens with zero attached hydrogens (tertiary/aromatic N) is 4. The monoisotopic (exact) mass is 149 g/mol. The Hall–Kier alpha value is -1.52. The van der Waals surface area contributed by atoms with Gasteiger partial charge in [-0.05, 0) is 6.92 Å². The zero-order valence-electron chi connectivity index (χ0n) is 6.07. The fourth-order valence-electron chi connectivity index (χ4n) is 1.06. The highest BCUT2D eigenvalue weighted by Gasteiger charge is 2.13. The van der Waals surface area contributed by atoms with Gasteiger partial charge in [0.05, 0.1) is 11.4 Å². The van der Waals surface area contributed by atoms with Crippen molar-refractivity contribution in [3.05, 3.63) is 11.4 Å². The van der Waals surface area contributed by atoms with Crippen LogP contribution in [0.2, 0.25) is 0 Å². The predicted molar refractivity (Wildman–Crippen MR) is 39.4 cm³/mol. The summed E-state index contributed by atoms with van der Waals surface area (Å²) in [6.07, 6.45) is 0. The van der Waals surface area contributed by atoms with E-state index in [9.17, 15) is 0 Å². The summed E-state index contributed by atoms with van der Waals surface area (Å²) in [4.78, 5) is 7.95. The minimum absolute atomic E-state index is 0.300. The molecule has 0 fully saturated rings. The van der Waals surface area contributed by atoms with Crippen LogP contribution >= 0.6 is 0 Å². The number of nitrogen functional groups attached to an aromatic ring is 1. The van der Waals surface area contributed by atoms with Gasteiger partial charge in [-0.2, -0.15) is 10.2 Å². The molecule has 0 aliphatic carbocycles. The number of fused-ring (bicyclic) bond motifs is 1. The first-order valence-corrected chi connectivity index (χ1v) is 3.28. The molecule has 1 aliphatic rings. The molecule has 1 aliphatic heterocycles. The molecule has 0 unspecified atom stereocenters. The van der Waals surface area contributed by atoms with Crippen LogP contribution in [0, 0.1) is 6.92 Å². The lowest BCUT2D eigenvalue weighted by Gasteiger charge is -1.98. The minimum Gasteiger partial charge on any atom is -0.368 e. The van der Waals surface area contributed by atoms with Crippen molar-refractivity contribution in [3.63, 3.8) is 0 Å². The van der Waals surface area contributed by atoms with E-state index < -0.39 is 0 Å². The third-order valence-electron chi connectivity index (χ3n) is 1.54. The van der Waals surface area contributed by atoms with Gasteiger partial charge in [0.1, 0.15) is 12.2 Å². The lowest BCUT2D eigenvalue weighted by Crippen LogP contribution is -1.99. The largest absolute Gasteiger partial charge is 0.368 e.